The molecule has 14 heteroatoms. The normalized spacial score (nSPS) is 18.4. The minimum absolute atomic E-state index is 0.0262. The van der Waals surface area contributed by atoms with E-state index in [-0.39, 0.29) is 41.7 Å². The maximum absolute atomic E-state index is 16.3. The molecule has 3 N–H and O–H groups in total. The first kappa shape index (κ1) is 34.9. The summed E-state index contributed by atoms with van der Waals surface area (Å²) in [4.78, 5) is 33.3. The Balaban J connectivity index is 1.42. The minimum atomic E-state index is -2.86. The predicted octanol–water partition coefficient (Wildman–Crippen LogP) is 7.74. The van der Waals surface area contributed by atoms with Crippen LogP contribution in [0.15, 0.2) is 67.1 Å². The van der Waals surface area contributed by atoms with Crippen LogP contribution in [0.2, 0.25) is 5.02 Å². The van der Waals surface area contributed by atoms with Gasteiger partial charge in [-0.2, -0.15) is 13.9 Å². The molecule has 0 unspecified atom stereocenters. The Labute approximate surface area is 292 Å². The van der Waals surface area contributed by atoms with Crippen LogP contribution in [0.5, 0.6) is 0 Å². The quantitative estimate of drug-likeness (QED) is 0.155. The van der Waals surface area contributed by atoms with Crippen molar-refractivity contribution >= 4 is 29.6 Å². The number of guanidine groups is 1. The van der Waals surface area contributed by atoms with Gasteiger partial charge in [0.1, 0.15) is 18.0 Å². The number of hydrogen-bond acceptors (Lipinski definition) is 6. The third-order valence-corrected chi connectivity index (χ3v) is 9.07. The first-order chi connectivity index (χ1) is 23.7. The van der Waals surface area contributed by atoms with Crippen molar-refractivity contribution in [1.29, 1.82) is 5.41 Å². The van der Waals surface area contributed by atoms with Crippen LogP contribution < -0.4 is 10.6 Å². The zero-order chi connectivity index (χ0) is 36.0. The summed E-state index contributed by atoms with van der Waals surface area (Å²) in [5.74, 6) is -1.72. The van der Waals surface area contributed by atoms with Crippen molar-refractivity contribution in [2.24, 2.45) is 5.41 Å². The third kappa shape index (κ3) is 7.05. The third-order valence-electron chi connectivity index (χ3n) is 8.74. The number of carbonyl (C=O) groups is 2. The SMILES string of the molecule is Cc1cccnc1-c1cc([C@@H](COC(=O)NC2CC2)N2C(=N)N[C@](CC(C)(C)C)(c3ccc(-c4cnn(C(F)F)c4)cc3F)C2=O)ccc1Cl. The molecule has 4 aromatic rings. The van der Waals surface area contributed by atoms with Gasteiger partial charge in [-0.15, -0.1) is 0 Å². The number of alkyl halides is 2. The fourth-order valence-electron chi connectivity index (χ4n) is 6.36. The van der Waals surface area contributed by atoms with Crippen LogP contribution >= 0.6 is 11.6 Å². The molecule has 2 amide bonds. The molecule has 2 aromatic carbocycles. The van der Waals surface area contributed by atoms with Gasteiger partial charge in [-0.05, 0) is 72.6 Å². The Morgan fingerprint density at radius 2 is 1.94 bits per heavy atom. The van der Waals surface area contributed by atoms with E-state index in [1.165, 1.54) is 23.2 Å². The van der Waals surface area contributed by atoms with Crippen molar-refractivity contribution in [2.75, 3.05) is 6.61 Å². The number of amides is 2. The molecular formula is C36H37ClF3N7O3. The number of benzene rings is 2. The lowest BCUT2D eigenvalue weighted by Gasteiger charge is -2.35. The number of carbonyl (C=O) groups excluding carboxylic acids is 2. The molecule has 1 aliphatic carbocycles. The van der Waals surface area contributed by atoms with Crippen LogP contribution in [0.25, 0.3) is 22.4 Å². The molecule has 1 saturated carbocycles. The minimum Gasteiger partial charge on any atom is -0.447 e. The number of nitrogens with one attached hydrogen (secondary N) is 3. The number of hydrogen-bond donors (Lipinski definition) is 3. The molecule has 2 aliphatic rings. The molecule has 10 nitrogen and oxygen atoms in total. The number of ether oxygens (including phenoxy) is 1. The molecule has 1 aliphatic heterocycles. The zero-order valence-corrected chi connectivity index (χ0v) is 28.7. The number of nitrogens with zero attached hydrogens (tertiary/aromatic N) is 4. The van der Waals surface area contributed by atoms with E-state index in [4.69, 9.17) is 21.7 Å². The number of rotatable bonds is 10. The van der Waals surface area contributed by atoms with E-state index >= 15 is 4.39 Å². The van der Waals surface area contributed by atoms with Gasteiger partial charge in [0.2, 0.25) is 0 Å². The summed E-state index contributed by atoms with van der Waals surface area (Å²) in [6.45, 7) is 4.39. The van der Waals surface area contributed by atoms with Gasteiger partial charge in [0.25, 0.3) is 5.91 Å². The molecule has 2 fully saturated rings. The number of aryl methyl sites for hydroxylation is 1. The molecule has 2 aromatic heterocycles. The van der Waals surface area contributed by atoms with Crippen molar-refractivity contribution in [3.05, 3.63) is 94.7 Å². The van der Waals surface area contributed by atoms with Crippen molar-refractivity contribution in [3.63, 3.8) is 0 Å². The van der Waals surface area contributed by atoms with Crippen LogP contribution in [-0.4, -0.2) is 50.3 Å². The second kappa shape index (κ2) is 13.4. The second-order valence-electron chi connectivity index (χ2n) is 13.9. The molecule has 0 radical (unpaired) electrons. The van der Waals surface area contributed by atoms with Gasteiger partial charge in [0.05, 0.1) is 17.9 Å². The Kier molecular flexibility index (Phi) is 9.38. The average Bonchev–Trinajstić information content (AvgIpc) is 3.64. The van der Waals surface area contributed by atoms with Crippen LogP contribution in [0, 0.1) is 23.6 Å². The van der Waals surface area contributed by atoms with Gasteiger partial charge in [-0.3, -0.25) is 20.1 Å². The van der Waals surface area contributed by atoms with Gasteiger partial charge >= 0.3 is 12.6 Å². The fraction of sp³-hybridized carbons (Fsp3) is 0.361. The van der Waals surface area contributed by atoms with Gasteiger partial charge in [-0.25, -0.2) is 13.9 Å². The van der Waals surface area contributed by atoms with E-state index in [9.17, 15) is 18.4 Å². The molecule has 6 rings (SSSR count). The standard InChI is InChI=1S/C36H37ClF3N7O3/c1-20-6-5-13-42-30(20)25-14-22(8-12-27(25)37)29(18-50-34(49)44-24-9-10-24)47-31(48)36(45-33(47)41,19-35(2,3)4)26-11-7-21(15-28(26)38)23-16-43-46(17-23)32(39)40/h5-8,11-17,24,29,32H,9-10,18-19H2,1-4H3,(H2,41,45)(H,44,49)/t29-,36-/m1/s1. The zero-order valence-electron chi connectivity index (χ0n) is 27.9. The van der Waals surface area contributed by atoms with E-state index < -0.39 is 41.4 Å². The van der Waals surface area contributed by atoms with Crippen LogP contribution in [0.1, 0.15) is 69.3 Å². The van der Waals surface area contributed by atoms with Crippen molar-refractivity contribution in [1.82, 2.24) is 30.3 Å². The lowest BCUT2D eigenvalue weighted by atomic mass is 9.75. The maximum atomic E-state index is 16.3. The van der Waals surface area contributed by atoms with Crippen LogP contribution in [-0.2, 0) is 15.1 Å². The summed E-state index contributed by atoms with van der Waals surface area (Å²) in [7, 11) is 0. The molecule has 50 heavy (non-hydrogen) atoms. The number of aromatic nitrogens is 3. The van der Waals surface area contributed by atoms with Gasteiger partial charge in [-0.1, -0.05) is 56.6 Å². The molecule has 0 bridgehead atoms. The average molecular weight is 708 g/mol. The molecular weight excluding hydrogens is 671 g/mol. The largest absolute Gasteiger partial charge is 0.447 e. The predicted molar refractivity (Wildman–Crippen MR) is 182 cm³/mol. The monoisotopic (exact) mass is 707 g/mol. The van der Waals surface area contributed by atoms with E-state index in [1.807, 2.05) is 33.8 Å². The highest BCUT2D eigenvalue weighted by atomic mass is 35.5. The Morgan fingerprint density at radius 3 is 2.58 bits per heavy atom. The highest BCUT2D eigenvalue weighted by molar-refractivity contribution is 6.33. The molecule has 0 spiro atoms. The number of alkyl carbamates (subject to hydrolysis) is 1. The van der Waals surface area contributed by atoms with Crippen LogP contribution in [0.3, 0.4) is 0 Å². The van der Waals surface area contributed by atoms with E-state index in [0.29, 0.717) is 26.5 Å². The molecule has 3 heterocycles. The summed E-state index contributed by atoms with van der Waals surface area (Å²) in [5, 5.41) is 19.0. The lowest BCUT2D eigenvalue weighted by Crippen LogP contribution is -2.48. The first-order valence-electron chi connectivity index (χ1n) is 16.1. The van der Waals surface area contributed by atoms with E-state index in [2.05, 4.69) is 20.7 Å². The summed E-state index contributed by atoms with van der Waals surface area (Å²) in [6.07, 6.45) is 5.06. The van der Waals surface area contributed by atoms with Crippen LogP contribution in [0.4, 0.5) is 18.0 Å². The Morgan fingerprint density at radius 1 is 1.18 bits per heavy atom. The van der Waals surface area contributed by atoms with Gasteiger partial charge in [0.15, 0.2) is 5.96 Å². The van der Waals surface area contributed by atoms with E-state index in [1.54, 1.807) is 30.5 Å². The Bertz CT molecular complexity index is 1960. The number of pyridine rings is 1. The summed E-state index contributed by atoms with van der Waals surface area (Å²) in [5.41, 5.74) is 0.799. The Hall–Kier alpha value is -4.91. The molecule has 2 atom stereocenters. The van der Waals surface area contributed by atoms with Crippen molar-refractivity contribution in [3.8, 4) is 22.4 Å². The maximum Gasteiger partial charge on any atom is 0.407 e. The molecule has 1 saturated heterocycles. The summed E-state index contributed by atoms with van der Waals surface area (Å²) in [6, 6.07) is 11.9. The first-order valence-corrected chi connectivity index (χ1v) is 16.5. The van der Waals surface area contributed by atoms with Gasteiger partial charge < -0.3 is 15.4 Å². The highest BCUT2D eigenvalue weighted by Crippen LogP contribution is 2.44. The summed E-state index contributed by atoms with van der Waals surface area (Å²) < 4.78 is 48.7. The fourth-order valence-corrected chi connectivity index (χ4v) is 6.56. The smallest absolute Gasteiger partial charge is 0.407 e. The van der Waals surface area contributed by atoms with Crippen molar-refractivity contribution < 1.29 is 27.5 Å². The highest BCUT2D eigenvalue weighted by Gasteiger charge is 2.55. The van der Waals surface area contributed by atoms with Crippen molar-refractivity contribution in [2.45, 2.75) is 71.1 Å². The lowest BCUT2D eigenvalue weighted by molar-refractivity contribution is -0.135. The van der Waals surface area contributed by atoms with Gasteiger partial charge in [0, 0.05) is 40.1 Å². The molecule has 262 valence electrons. The number of halogens is 4. The second-order valence-corrected chi connectivity index (χ2v) is 14.3. The topological polar surface area (TPSA) is 125 Å². The van der Waals surface area contributed by atoms with E-state index in [0.717, 1.165) is 30.7 Å². The summed E-state index contributed by atoms with van der Waals surface area (Å²) >= 11 is 6.65.